The summed E-state index contributed by atoms with van der Waals surface area (Å²) in [4.78, 5) is 28.1. The summed E-state index contributed by atoms with van der Waals surface area (Å²) < 4.78 is 5.26. The van der Waals surface area contributed by atoms with E-state index in [0.717, 1.165) is 23.7 Å². The van der Waals surface area contributed by atoms with Gasteiger partial charge >= 0.3 is 0 Å². The number of amides is 2. The average molecular weight is 412 g/mol. The Morgan fingerprint density at radius 1 is 0.967 bits per heavy atom. The molecular formula is C23H31N4O3+. The fourth-order valence-electron chi connectivity index (χ4n) is 3.65. The van der Waals surface area contributed by atoms with Crippen LogP contribution < -0.4 is 25.2 Å². The van der Waals surface area contributed by atoms with Gasteiger partial charge in [0.1, 0.15) is 5.75 Å². The molecule has 0 radical (unpaired) electrons. The third-order valence-corrected chi connectivity index (χ3v) is 5.32. The quantitative estimate of drug-likeness (QED) is 0.588. The van der Waals surface area contributed by atoms with Gasteiger partial charge in [-0.25, -0.2) is 0 Å². The van der Waals surface area contributed by atoms with Crippen molar-refractivity contribution in [1.82, 2.24) is 0 Å². The molecule has 1 fully saturated rings. The molecule has 0 saturated carbocycles. The lowest BCUT2D eigenvalue weighted by atomic mass is 10.2. The summed E-state index contributed by atoms with van der Waals surface area (Å²) in [5, 5.41) is 5.80. The van der Waals surface area contributed by atoms with E-state index in [-0.39, 0.29) is 24.9 Å². The summed E-state index contributed by atoms with van der Waals surface area (Å²) >= 11 is 0. The number of rotatable bonds is 9. The molecule has 30 heavy (non-hydrogen) atoms. The van der Waals surface area contributed by atoms with Gasteiger partial charge in [0.15, 0.2) is 13.1 Å². The molecule has 2 amide bonds. The number of carbonyl (C=O) groups is 2. The lowest BCUT2D eigenvalue weighted by Gasteiger charge is -2.19. The smallest absolute Gasteiger partial charge is 0.279 e. The van der Waals surface area contributed by atoms with Crippen molar-refractivity contribution in [2.24, 2.45) is 0 Å². The van der Waals surface area contributed by atoms with E-state index in [0.29, 0.717) is 18.0 Å². The third kappa shape index (κ3) is 5.97. The zero-order valence-electron chi connectivity index (χ0n) is 17.7. The van der Waals surface area contributed by atoms with Crippen molar-refractivity contribution in [3.8, 4) is 5.75 Å². The zero-order valence-corrected chi connectivity index (χ0v) is 17.7. The third-order valence-electron chi connectivity index (χ3n) is 5.32. The predicted octanol–water partition coefficient (Wildman–Crippen LogP) is 1.78. The van der Waals surface area contributed by atoms with Gasteiger partial charge in [0.2, 0.25) is 0 Å². The van der Waals surface area contributed by atoms with E-state index < -0.39 is 0 Å². The summed E-state index contributed by atoms with van der Waals surface area (Å²) in [6.07, 6.45) is 2.47. The van der Waals surface area contributed by atoms with E-state index in [2.05, 4.69) is 15.5 Å². The van der Waals surface area contributed by atoms with Crippen molar-refractivity contribution < 1.29 is 19.2 Å². The second-order valence-corrected chi connectivity index (χ2v) is 7.49. The SMILES string of the molecule is CC[NH+](CC(=O)Nc1ccc(N2CCCC2)cc1)CC(=O)Nc1ccccc1OC. The summed E-state index contributed by atoms with van der Waals surface area (Å²) in [6, 6.07) is 15.2. The number of benzene rings is 2. The van der Waals surface area contributed by atoms with Crippen molar-refractivity contribution in [1.29, 1.82) is 0 Å². The van der Waals surface area contributed by atoms with Crippen LogP contribution in [0.1, 0.15) is 19.8 Å². The van der Waals surface area contributed by atoms with Crippen molar-refractivity contribution in [3.63, 3.8) is 0 Å². The van der Waals surface area contributed by atoms with Crippen molar-refractivity contribution >= 4 is 28.9 Å². The van der Waals surface area contributed by atoms with E-state index in [1.165, 1.54) is 18.5 Å². The number of likely N-dealkylation sites (N-methyl/N-ethyl adjacent to an activating group) is 1. The Hall–Kier alpha value is -3.06. The van der Waals surface area contributed by atoms with E-state index in [4.69, 9.17) is 4.74 Å². The Labute approximate surface area is 178 Å². The Bertz CT molecular complexity index is 848. The van der Waals surface area contributed by atoms with Crippen LogP contribution >= 0.6 is 0 Å². The van der Waals surface area contributed by atoms with Gasteiger partial charge in [-0.15, -0.1) is 0 Å². The van der Waals surface area contributed by atoms with E-state index >= 15 is 0 Å². The minimum atomic E-state index is -0.154. The molecule has 1 unspecified atom stereocenters. The molecule has 0 aromatic heterocycles. The molecule has 1 aliphatic heterocycles. The monoisotopic (exact) mass is 411 g/mol. The van der Waals surface area contributed by atoms with Gasteiger partial charge in [-0.3, -0.25) is 9.59 Å². The molecular weight excluding hydrogens is 380 g/mol. The Balaban J connectivity index is 1.49. The normalized spacial score (nSPS) is 14.3. The Morgan fingerprint density at radius 3 is 2.23 bits per heavy atom. The van der Waals surface area contributed by atoms with Crippen LogP contribution in [0, 0.1) is 0 Å². The highest BCUT2D eigenvalue weighted by Gasteiger charge is 2.18. The molecule has 160 valence electrons. The van der Waals surface area contributed by atoms with Crippen LogP contribution in [0.3, 0.4) is 0 Å². The van der Waals surface area contributed by atoms with Crippen LogP contribution in [0.2, 0.25) is 0 Å². The minimum Gasteiger partial charge on any atom is -0.495 e. The van der Waals surface area contributed by atoms with Gasteiger partial charge in [0, 0.05) is 24.5 Å². The molecule has 3 rings (SSSR count). The molecule has 3 N–H and O–H groups in total. The summed E-state index contributed by atoms with van der Waals surface area (Å²) in [6.45, 7) is 5.25. The number of anilines is 3. The average Bonchev–Trinajstić information content (AvgIpc) is 3.29. The molecule has 2 aromatic rings. The second-order valence-electron chi connectivity index (χ2n) is 7.49. The lowest BCUT2D eigenvalue weighted by molar-refractivity contribution is -0.881. The maximum atomic E-state index is 12.5. The minimum absolute atomic E-state index is 0.106. The number of nitrogens with zero attached hydrogens (tertiary/aromatic N) is 1. The molecule has 0 aliphatic carbocycles. The molecule has 1 atom stereocenters. The second kappa shape index (κ2) is 10.6. The van der Waals surface area contributed by atoms with E-state index in [1.54, 1.807) is 19.2 Å². The zero-order chi connectivity index (χ0) is 21.3. The number of para-hydroxylation sites is 2. The fraction of sp³-hybridized carbons (Fsp3) is 0.391. The number of methoxy groups -OCH3 is 1. The summed E-state index contributed by atoms with van der Waals surface area (Å²) in [7, 11) is 1.57. The molecule has 0 spiro atoms. The molecule has 0 bridgehead atoms. The number of carbonyl (C=O) groups excluding carboxylic acids is 2. The summed E-state index contributed by atoms with van der Waals surface area (Å²) in [5.74, 6) is 0.351. The number of nitrogens with one attached hydrogen (secondary N) is 3. The van der Waals surface area contributed by atoms with Crippen molar-refractivity contribution in [2.45, 2.75) is 19.8 Å². The molecule has 1 saturated heterocycles. The van der Waals surface area contributed by atoms with Crippen LogP contribution in [0.25, 0.3) is 0 Å². The first kappa shape index (κ1) is 21.6. The fourth-order valence-corrected chi connectivity index (χ4v) is 3.65. The van der Waals surface area contributed by atoms with Gasteiger partial charge in [0.05, 0.1) is 19.3 Å². The van der Waals surface area contributed by atoms with E-state index in [1.807, 2.05) is 43.3 Å². The number of hydrogen-bond acceptors (Lipinski definition) is 4. The van der Waals surface area contributed by atoms with Crippen LogP contribution in [0.15, 0.2) is 48.5 Å². The maximum Gasteiger partial charge on any atom is 0.279 e. The Morgan fingerprint density at radius 2 is 1.60 bits per heavy atom. The molecule has 7 nitrogen and oxygen atoms in total. The first-order chi connectivity index (χ1) is 14.6. The first-order valence-corrected chi connectivity index (χ1v) is 10.5. The topological polar surface area (TPSA) is 75.1 Å². The van der Waals surface area contributed by atoms with Crippen LogP contribution in [0.5, 0.6) is 5.75 Å². The van der Waals surface area contributed by atoms with Gasteiger partial charge in [0.25, 0.3) is 11.8 Å². The number of ether oxygens (including phenoxy) is 1. The Kier molecular flexibility index (Phi) is 7.68. The van der Waals surface area contributed by atoms with Crippen molar-refractivity contribution in [3.05, 3.63) is 48.5 Å². The van der Waals surface area contributed by atoms with Gasteiger partial charge in [-0.05, 0) is 56.2 Å². The highest BCUT2D eigenvalue weighted by atomic mass is 16.5. The van der Waals surface area contributed by atoms with Crippen LogP contribution in [0.4, 0.5) is 17.1 Å². The van der Waals surface area contributed by atoms with E-state index in [9.17, 15) is 9.59 Å². The highest BCUT2D eigenvalue weighted by molar-refractivity contribution is 5.94. The predicted molar refractivity (Wildman–Crippen MR) is 119 cm³/mol. The van der Waals surface area contributed by atoms with Gasteiger partial charge < -0.3 is 25.2 Å². The summed E-state index contributed by atoms with van der Waals surface area (Å²) in [5.41, 5.74) is 2.60. The lowest BCUT2D eigenvalue weighted by Crippen LogP contribution is -3.13. The number of hydrogen-bond donors (Lipinski definition) is 3. The number of quaternary nitrogens is 1. The molecule has 1 heterocycles. The van der Waals surface area contributed by atoms with Gasteiger partial charge in [-0.2, -0.15) is 0 Å². The standard InChI is InChI=1S/C23H30N4O3/c1-3-26(17-23(29)25-20-8-4-5-9-21(20)30-2)16-22(28)24-18-10-12-19(13-11-18)27-14-6-7-15-27/h4-5,8-13H,3,6-7,14-17H2,1-2H3,(H,24,28)(H,25,29)/p+1. The molecule has 7 heteroatoms. The maximum absolute atomic E-state index is 12.5. The van der Waals surface area contributed by atoms with Crippen molar-refractivity contribution in [2.75, 3.05) is 55.4 Å². The van der Waals surface area contributed by atoms with Crippen LogP contribution in [-0.4, -0.2) is 51.6 Å². The molecule has 2 aromatic carbocycles. The molecule has 1 aliphatic rings. The van der Waals surface area contributed by atoms with Gasteiger partial charge in [-0.1, -0.05) is 12.1 Å². The largest absolute Gasteiger partial charge is 0.495 e. The highest BCUT2D eigenvalue weighted by Crippen LogP contribution is 2.23. The van der Waals surface area contributed by atoms with Crippen LogP contribution in [-0.2, 0) is 9.59 Å². The first-order valence-electron chi connectivity index (χ1n) is 10.5.